The lowest BCUT2D eigenvalue weighted by Gasteiger charge is -2.28. The SMILES string of the molecule is NC1CCN(c2n[nH]c(-c3csnn3)n2)CC1. The predicted octanol–water partition coefficient (Wildman–Crippen LogP) is 0.251. The van der Waals surface area contributed by atoms with Crippen LogP contribution < -0.4 is 10.6 Å². The van der Waals surface area contributed by atoms with Crippen molar-refractivity contribution in [3.8, 4) is 11.5 Å². The average molecular weight is 251 g/mol. The maximum Gasteiger partial charge on any atom is 0.245 e. The fourth-order valence-electron chi connectivity index (χ4n) is 1.88. The van der Waals surface area contributed by atoms with Crippen LogP contribution in [0.1, 0.15) is 12.8 Å². The molecule has 0 aliphatic carbocycles. The zero-order valence-electron chi connectivity index (χ0n) is 9.20. The Kier molecular flexibility index (Phi) is 2.73. The normalized spacial score (nSPS) is 17.6. The standard InChI is InChI=1S/C9H13N7S/c10-6-1-3-16(4-2-6)9-11-8(13-14-9)7-5-17-15-12-7/h5-6H,1-4,10H2,(H,11,13,14). The first-order valence-electron chi connectivity index (χ1n) is 5.53. The highest BCUT2D eigenvalue weighted by atomic mass is 32.1. The van der Waals surface area contributed by atoms with Crippen molar-refractivity contribution < 1.29 is 0 Å². The number of aromatic nitrogens is 5. The van der Waals surface area contributed by atoms with Crippen LogP contribution in [0.25, 0.3) is 11.5 Å². The van der Waals surface area contributed by atoms with E-state index in [2.05, 4.69) is 29.7 Å². The lowest BCUT2D eigenvalue weighted by Crippen LogP contribution is -2.40. The molecular formula is C9H13N7S. The summed E-state index contributed by atoms with van der Waals surface area (Å²) in [5.74, 6) is 1.39. The maximum atomic E-state index is 5.87. The zero-order chi connectivity index (χ0) is 11.7. The number of hydrogen-bond acceptors (Lipinski definition) is 7. The van der Waals surface area contributed by atoms with E-state index in [-0.39, 0.29) is 0 Å². The van der Waals surface area contributed by atoms with Gasteiger partial charge in [0.1, 0.15) is 5.69 Å². The van der Waals surface area contributed by atoms with Crippen LogP contribution in [0.5, 0.6) is 0 Å². The van der Waals surface area contributed by atoms with Crippen molar-refractivity contribution in [1.29, 1.82) is 0 Å². The fraction of sp³-hybridized carbons (Fsp3) is 0.556. The third-order valence-electron chi connectivity index (χ3n) is 2.90. The molecule has 2 aromatic heterocycles. The maximum absolute atomic E-state index is 5.87. The second-order valence-corrected chi connectivity index (χ2v) is 4.71. The van der Waals surface area contributed by atoms with E-state index in [1.807, 2.05) is 5.38 Å². The predicted molar refractivity (Wildman–Crippen MR) is 64.7 cm³/mol. The van der Waals surface area contributed by atoms with Crippen LogP contribution in [0.15, 0.2) is 5.38 Å². The Hall–Kier alpha value is -1.54. The minimum Gasteiger partial charge on any atom is -0.339 e. The molecule has 3 N–H and O–H groups in total. The van der Waals surface area contributed by atoms with Gasteiger partial charge in [-0.3, -0.25) is 5.10 Å². The van der Waals surface area contributed by atoms with Gasteiger partial charge in [-0.25, -0.2) is 0 Å². The van der Waals surface area contributed by atoms with Gasteiger partial charge >= 0.3 is 0 Å². The second kappa shape index (κ2) is 4.38. The molecule has 0 unspecified atom stereocenters. The van der Waals surface area contributed by atoms with Crippen LogP contribution in [0.3, 0.4) is 0 Å². The summed E-state index contributed by atoms with van der Waals surface area (Å²) >= 11 is 1.30. The fourth-order valence-corrected chi connectivity index (χ4v) is 2.32. The van der Waals surface area contributed by atoms with Crippen LogP contribution in [-0.2, 0) is 0 Å². The Balaban J connectivity index is 1.76. The second-order valence-electron chi connectivity index (χ2n) is 4.10. The topological polar surface area (TPSA) is 96.6 Å². The molecule has 0 spiro atoms. The van der Waals surface area contributed by atoms with Crippen molar-refractivity contribution in [2.45, 2.75) is 18.9 Å². The van der Waals surface area contributed by atoms with Gasteiger partial charge in [0, 0.05) is 24.5 Å². The molecule has 17 heavy (non-hydrogen) atoms. The number of nitrogens with one attached hydrogen (secondary N) is 1. The van der Waals surface area contributed by atoms with E-state index in [0.29, 0.717) is 11.9 Å². The molecule has 1 aliphatic heterocycles. The van der Waals surface area contributed by atoms with Gasteiger partial charge in [0.15, 0.2) is 5.82 Å². The van der Waals surface area contributed by atoms with Crippen molar-refractivity contribution in [2.75, 3.05) is 18.0 Å². The Bertz CT molecular complexity index is 471. The number of H-pyrrole nitrogens is 1. The largest absolute Gasteiger partial charge is 0.339 e. The van der Waals surface area contributed by atoms with Gasteiger partial charge in [-0.05, 0) is 24.4 Å². The van der Waals surface area contributed by atoms with E-state index in [9.17, 15) is 0 Å². The highest BCUT2D eigenvalue weighted by molar-refractivity contribution is 7.03. The molecule has 3 heterocycles. The molecule has 0 bridgehead atoms. The highest BCUT2D eigenvalue weighted by Gasteiger charge is 2.20. The molecule has 0 radical (unpaired) electrons. The summed E-state index contributed by atoms with van der Waals surface area (Å²) in [6.07, 6.45) is 1.98. The van der Waals surface area contributed by atoms with Crippen molar-refractivity contribution >= 4 is 17.5 Å². The molecule has 0 aromatic carbocycles. The van der Waals surface area contributed by atoms with Crippen LogP contribution >= 0.6 is 11.5 Å². The molecule has 1 aliphatic rings. The van der Waals surface area contributed by atoms with Gasteiger partial charge in [0.2, 0.25) is 5.95 Å². The van der Waals surface area contributed by atoms with Gasteiger partial charge in [0.25, 0.3) is 0 Å². The van der Waals surface area contributed by atoms with Gasteiger partial charge in [0.05, 0.1) is 0 Å². The summed E-state index contributed by atoms with van der Waals surface area (Å²) in [7, 11) is 0. The Labute approximate surface area is 102 Å². The van der Waals surface area contributed by atoms with E-state index < -0.39 is 0 Å². The van der Waals surface area contributed by atoms with E-state index in [1.54, 1.807) is 0 Å². The van der Waals surface area contributed by atoms with E-state index >= 15 is 0 Å². The third-order valence-corrected chi connectivity index (χ3v) is 3.40. The molecule has 7 nitrogen and oxygen atoms in total. The van der Waals surface area contributed by atoms with Crippen molar-refractivity contribution in [1.82, 2.24) is 24.8 Å². The first-order chi connectivity index (χ1) is 8.33. The zero-order valence-corrected chi connectivity index (χ0v) is 10.0. The molecule has 0 amide bonds. The summed E-state index contributed by atoms with van der Waals surface area (Å²) < 4.78 is 3.80. The first kappa shape index (κ1) is 10.6. The number of piperidine rings is 1. The quantitative estimate of drug-likeness (QED) is 0.794. The Morgan fingerprint density at radius 1 is 1.41 bits per heavy atom. The van der Waals surface area contributed by atoms with Crippen LogP contribution in [-0.4, -0.2) is 43.9 Å². The average Bonchev–Trinajstić information content (AvgIpc) is 3.00. The summed E-state index contributed by atoms with van der Waals surface area (Å²) in [5, 5.41) is 12.9. The smallest absolute Gasteiger partial charge is 0.245 e. The van der Waals surface area contributed by atoms with E-state index in [4.69, 9.17) is 5.73 Å². The summed E-state index contributed by atoms with van der Waals surface area (Å²) in [4.78, 5) is 6.57. The van der Waals surface area contributed by atoms with Gasteiger partial charge < -0.3 is 10.6 Å². The van der Waals surface area contributed by atoms with Crippen LogP contribution in [0.4, 0.5) is 5.95 Å². The third kappa shape index (κ3) is 2.13. The summed E-state index contributed by atoms with van der Waals surface area (Å²) in [6.45, 7) is 1.82. The summed E-state index contributed by atoms with van der Waals surface area (Å²) in [5.41, 5.74) is 6.60. The van der Waals surface area contributed by atoms with Crippen molar-refractivity contribution in [3.63, 3.8) is 0 Å². The molecule has 1 saturated heterocycles. The molecule has 0 atom stereocenters. The number of aromatic amines is 1. The minimum absolute atomic E-state index is 0.312. The van der Waals surface area contributed by atoms with Crippen LogP contribution in [0.2, 0.25) is 0 Å². The van der Waals surface area contributed by atoms with Gasteiger partial charge in [-0.15, -0.1) is 10.2 Å². The first-order valence-corrected chi connectivity index (χ1v) is 6.37. The number of anilines is 1. The van der Waals surface area contributed by atoms with Crippen molar-refractivity contribution in [3.05, 3.63) is 5.38 Å². The van der Waals surface area contributed by atoms with Crippen LogP contribution in [0, 0.1) is 0 Å². The molecule has 1 fully saturated rings. The Morgan fingerprint density at radius 3 is 2.94 bits per heavy atom. The monoisotopic (exact) mass is 251 g/mol. The van der Waals surface area contributed by atoms with E-state index in [1.165, 1.54) is 11.5 Å². The molecule has 0 saturated carbocycles. The number of nitrogens with zero attached hydrogens (tertiary/aromatic N) is 5. The highest BCUT2D eigenvalue weighted by Crippen LogP contribution is 2.18. The van der Waals surface area contributed by atoms with Gasteiger partial charge in [-0.2, -0.15) is 4.98 Å². The van der Waals surface area contributed by atoms with Crippen molar-refractivity contribution in [2.24, 2.45) is 5.73 Å². The molecule has 3 rings (SSSR count). The van der Waals surface area contributed by atoms with Gasteiger partial charge in [-0.1, -0.05) is 4.49 Å². The minimum atomic E-state index is 0.312. The molecule has 8 heteroatoms. The number of hydrogen-bond donors (Lipinski definition) is 2. The molecule has 90 valence electrons. The Morgan fingerprint density at radius 2 is 2.24 bits per heavy atom. The van der Waals surface area contributed by atoms with E-state index in [0.717, 1.165) is 37.6 Å². The summed E-state index contributed by atoms with van der Waals surface area (Å²) in [6, 6.07) is 0.312. The molecular weight excluding hydrogens is 238 g/mol. The molecule has 2 aromatic rings. The lowest BCUT2D eigenvalue weighted by atomic mass is 10.1. The number of rotatable bonds is 2. The lowest BCUT2D eigenvalue weighted by molar-refractivity contribution is 0.496. The number of nitrogens with two attached hydrogens (primary N) is 1.